The van der Waals surface area contributed by atoms with E-state index in [0.717, 1.165) is 32.5 Å². The smallest absolute Gasteiger partial charge is 0.223 e. The van der Waals surface area contributed by atoms with Gasteiger partial charge in [-0.05, 0) is 61.5 Å². The number of aromatic nitrogens is 1. The fourth-order valence-corrected chi connectivity index (χ4v) is 4.73. The SMILES string of the molecule is CC(C)c1ccc([C@H](C)NC(=O)C2CCN(Cc3cn(C)c4ccccc34)CC2)cc1. The van der Waals surface area contributed by atoms with Gasteiger partial charge in [0.15, 0.2) is 0 Å². The largest absolute Gasteiger partial charge is 0.350 e. The molecule has 1 atom stereocenters. The van der Waals surface area contributed by atoms with Crippen LogP contribution in [0.1, 0.15) is 62.3 Å². The summed E-state index contributed by atoms with van der Waals surface area (Å²) in [5.74, 6) is 0.837. The number of nitrogens with one attached hydrogen (secondary N) is 1. The molecule has 31 heavy (non-hydrogen) atoms. The van der Waals surface area contributed by atoms with E-state index >= 15 is 0 Å². The van der Waals surface area contributed by atoms with Crippen molar-refractivity contribution in [1.82, 2.24) is 14.8 Å². The summed E-state index contributed by atoms with van der Waals surface area (Å²) in [6.45, 7) is 9.38. The maximum atomic E-state index is 12.9. The maximum absolute atomic E-state index is 12.9. The third kappa shape index (κ3) is 4.85. The van der Waals surface area contributed by atoms with Crippen molar-refractivity contribution in [2.24, 2.45) is 13.0 Å². The van der Waals surface area contributed by atoms with E-state index in [1.165, 1.54) is 27.6 Å². The van der Waals surface area contributed by atoms with Gasteiger partial charge in [0.05, 0.1) is 6.04 Å². The summed E-state index contributed by atoms with van der Waals surface area (Å²) >= 11 is 0. The average molecular weight is 418 g/mol. The van der Waals surface area contributed by atoms with E-state index in [-0.39, 0.29) is 17.9 Å². The molecule has 164 valence electrons. The molecule has 1 amide bonds. The van der Waals surface area contributed by atoms with Gasteiger partial charge in [-0.3, -0.25) is 9.69 Å². The molecule has 4 heteroatoms. The molecule has 1 saturated heterocycles. The fourth-order valence-electron chi connectivity index (χ4n) is 4.73. The Bertz CT molecular complexity index is 1030. The highest BCUT2D eigenvalue weighted by Gasteiger charge is 2.26. The lowest BCUT2D eigenvalue weighted by Crippen LogP contribution is -2.40. The molecule has 3 aromatic rings. The number of nitrogens with zero attached hydrogens (tertiary/aromatic N) is 2. The van der Waals surface area contributed by atoms with Crippen LogP contribution in [-0.4, -0.2) is 28.5 Å². The van der Waals surface area contributed by atoms with Crippen LogP contribution in [0, 0.1) is 5.92 Å². The molecule has 0 radical (unpaired) electrons. The zero-order valence-electron chi connectivity index (χ0n) is 19.3. The van der Waals surface area contributed by atoms with Crippen molar-refractivity contribution < 1.29 is 4.79 Å². The summed E-state index contributed by atoms with van der Waals surface area (Å²) in [5.41, 5.74) is 5.16. The number of piperidine rings is 1. The van der Waals surface area contributed by atoms with Crippen LogP contribution >= 0.6 is 0 Å². The monoisotopic (exact) mass is 417 g/mol. The molecule has 0 unspecified atom stereocenters. The lowest BCUT2D eigenvalue weighted by molar-refractivity contribution is -0.127. The maximum Gasteiger partial charge on any atom is 0.223 e. The van der Waals surface area contributed by atoms with Crippen molar-refractivity contribution >= 4 is 16.8 Å². The zero-order chi connectivity index (χ0) is 22.0. The quantitative estimate of drug-likeness (QED) is 0.584. The van der Waals surface area contributed by atoms with Gasteiger partial charge in [-0.2, -0.15) is 0 Å². The topological polar surface area (TPSA) is 37.3 Å². The normalized spacial score (nSPS) is 16.7. The Kier molecular flexibility index (Phi) is 6.47. The van der Waals surface area contributed by atoms with Crippen molar-refractivity contribution in [2.75, 3.05) is 13.1 Å². The molecule has 1 N–H and O–H groups in total. The van der Waals surface area contributed by atoms with Gasteiger partial charge in [-0.1, -0.05) is 56.3 Å². The number of rotatable bonds is 6. The Morgan fingerprint density at radius 1 is 1.00 bits per heavy atom. The van der Waals surface area contributed by atoms with E-state index in [2.05, 4.69) is 97.3 Å². The van der Waals surface area contributed by atoms with Gasteiger partial charge < -0.3 is 9.88 Å². The van der Waals surface area contributed by atoms with Crippen LogP contribution in [0.15, 0.2) is 54.7 Å². The number of carbonyl (C=O) groups is 1. The van der Waals surface area contributed by atoms with Crippen LogP contribution in [0.25, 0.3) is 10.9 Å². The van der Waals surface area contributed by atoms with E-state index < -0.39 is 0 Å². The highest BCUT2D eigenvalue weighted by atomic mass is 16.1. The lowest BCUT2D eigenvalue weighted by Gasteiger charge is -2.31. The molecule has 4 rings (SSSR count). The number of para-hydroxylation sites is 1. The van der Waals surface area contributed by atoms with Gasteiger partial charge in [0.2, 0.25) is 5.91 Å². The molecule has 0 saturated carbocycles. The molecular weight excluding hydrogens is 382 g/mol. The molecule has 1 aromatic heterocycles. The Balaban J connectivity index is 1.30. The number of hydrogen-bond donors (Lipinski definition) is 1. The number of likely N-dealkylation sites (tertiary alicyclic amines) is 1. The second-order valence-electron chi connectivity index (χ2n) is 9.38. The van der Waals surface area contributed by atoms with Gasteiger partial charge >= 0.3 is 0 Å². The summed E-state index contributed by atoms with van der Waals surface area (Å²) < 4.78 is 2.21. The van der Waals surface area contributed by atoms with Crippen molar-refractivity contribution in [3.05, 3.63) is 71.4 Å². The van der Waals surface area contributed by atoms with E-state index in [1.54, 1.807) is 0 Å². The zero-order valence-corrected chi connectivity index (χ0v) is 19.3. The number of benzene rings is 2. The summed E-state index contributed by atoms with van der Waals surface area (Å²) in [6, 6.07) is 17.3. The van der Waals surface area contributed by atoms with Crippen LogP contribution in [0.3, 0.4) is 0 Å². The Morgan fingerprint density at radius 3 is 2.32 bits per heavy atom. The molecule has 1 aliphatic rings. The standard InChI is InChI=1S/C27H35N3O/c1-19(2)21-9-11-22(12-10-21)20(3)28-27(31)23-13-15-30(16-14-23)18-24-17-29(4)26-8-6-5-7-25(24)26/h5-12,17,19-20,23H,13-16,18H2,1-4H3,(H,28,31)/t20-/m0/s1. The van der Waals surface area contributed by atoms with Crippen molar-refractivity contribution in [3.8, 4) is 0 Å². The second kappa shape index (κ2) is 9.27. The highest BCUT2D eigenvalue weighted by Crippen LogP contribution is 2.25. The highest BCUT2D eigenvalue weighted by molar-refractivity contribution is 5.83. The lowest BCUT2D eigenvalue weighted by atomic mass is 9.94. The Labute approximate surface area is 186 Å². The van der Waals surface area contributed by atoms with E-state index in [1.807, 2.05) is 0 Å². The second-order valence-corrected chi connectivity index (χ2v) is 9.38. The first-order chi connectivity index (χ1) is 14.9. The van der Waals surface area contributed by atoms with E-state index in [0.29, 0.717) is 5.92 Å². The molecular formula is C27H35N3O. The van der Waals surface area contributed by atoms with Crippen LogP contribution in [-0.2, 0) is 18.4 Å². The van der Waals surface area contributed by atoms with Crippen LogP contribution in [0.5, 0.6) is 0 Å². The predicted molar refractivity (Wildman–Crippen MR) is 128 cm³/mol. The van der Waals surface area contributed by atoms with E-state index in [4.69, 9.17) is 0 Å². The number of hydrogen-bond acceptors (Lipinski definition) is 2. The molecule has 0 spiro atoms. The number of amides is 1. The van der Waals surface area contributed by atoms with Gasteiger partial charge in [-0.25, -0.2) is 0 Å². The molecule has 2 aromatic carbocycles. The third-order valence-corrected chi connectivity index (χ3v) is 6.79. The summed E-state index contributed by atoms with van der Waals surface area (Å²) in [7, 11) is 2.11. The number of aryl methyl sites for hydroxylation is 1. The van der Waals surface area contributed by atoms with Gasteiger partial charge in [0.1, 0.15) is 0 Å². The van der Waals surface area contributed by atoms with Crippen LogP contribution < -0.4 is 5.32 Å². The van der Waals surface area contributed by atoms with Gasteiger partial charge in [0, 0.05) is 36.6 Å². The summed E-state index contributed by atoms with van der Waals surface area (Å²) in [5, 5.41) is 4.58. The minimum absolute atomic E-state index is 0.0439. The minimum atomic E-state index is 0.0439. The van der Waals surface area contributed by atoms with E-state index in [9.17, 15) is 4.79 Å². The number of carbonyl (C=O) groups excluding carboxylic acids is 1. The summed E-state index contributed by atoms with van der Waals surface area (Å²) in [4.78, 5) is 15.4. The predicted octanol–water partition coefficient (Wildman–Crippen LogP) is 5.39. The first-order valence-corrected chi connectivity index (χ1v) is 11.6. The molecule has 2 heterocycles. The van der Waals surface area contributed by atoms with Crippen LogP contribution in [0.2, 0.25) is 0 Å². The van der Waals surface area contributed by atoms with Gasteiger partial charge in [-0.15, -0.1) is 0 Å². The van der Waals surface area contributed by atoms with Crippen molar-refractivity contribution in [2.45, 2.75) is 52.1 Å². The first kappa shape index (κ1) is 21.6. The molecule has 4 nitrogen and oxygen atoms in total. The fraction of sp³-hybridized carbons (Fsp3) is 0.444. The number of fused-ring (bicyclic) bond motifs is 1. The van der Waals surface area contributed by atoms with Gasteiger partial charge in [0.25, 0.3) is 0 Å². The first-order valence-electron chi connectivity index (χ1n) is 11.6. The average Bonchev–Trinajstić information content (AvgIpc) is 3.09. The molecule has 0 bridgehead atoms. The summed E-state index contributed by atoms with van der Waals surface area (Å²) in [6.07, 6.45) is 4.10. The minimum Gasteiger partial charge on any atom is -0.350 e. The van der Waals surface area contributed by atoms with Crippen LogP contribution in [0.4, 0.5) is 0 Å². The molecule has 1 aliphatic heterocycles. The Morgan fingerprint density at radius 2 is 1.65 bits per heavy atom. The Hall–Kier alpha value is -2.59. The molecule has 1 fully saturated rings. The molecule has 0 aliphatic carbocycles. The van der Waals surface area contributed by atoms with Crippen molar-refractivity contribution in [1.29, 1.82) is 0 Å². The van der Waals surface area contributed by atoms with Crippen molar-refractivity contribution in [3.63, 3.8) is 0 Å². The third-order valence-electron chi connectivity index (χ3n) is 6.79.